The van der Waals surface area contributed by atoms with E-state index in [4.69, 9.17) is 5.26 Å². The monoisotopic (exact) mass is 288 g/mol. The second kappa shape index (κ2) is 5.90. The number of nitriles is 1. The van der Waals surface area contributed by atoms with Gasteiger partial charge in [-0.2, -0.15) is 18.4 Å². The summed E-state index contributed by atoms with van der Waals surface area (Å²) in [4.78, 5) is 11.7. The predicted molar refractivity (Wildman–Crippen MR) is 63.1 cm³/mol. The van der Waals surface area contributed by atoms with Crippen molar-refractivity contribution in [3.63, 3.8) is 0 Å². The highest BCUT2D eigenvalue weighted by atomic mass is 19.4. The van der Waals surface area contributed by atoms with E-state index in [2.05, 4.69) is 5.32 Å². The molecule has 20 heavy (non-hydrogen) atoms. The van der Waals surface area contributed by atoms with Gasteiger partial charge in [-0.3, -0.25) is 4.79 Å². The van der Waals surface area contributed by atoms with Gasteiger partial charge in [0.2, 0.25) is 0 Å². The van der Waals surface area contributed by atoms with Crippen LogP contribution in [0.5, 0.6) is 0 Å². The summed E-state index contributed by atoms with van der Waals surface area (Å²) in [5.74, 6) is -2.37. The number of carbonyl (C=O) groups excluding carboxylic acids is 1. The summed E-state index contributed by atoms with van der Waals surface area (Å²) in [6, 6.07) is 2.44. The van der Waals surface area contributed by atoms with Gasteiger partial charge in [-0.05, 0) is 24.1 Å². The number of alkyl halides is 3. The Kier molecular flexibility index (Phi) is 4.71. The fourth-order valence-electron chi connectivity index (χ4n) is 1.44. The first-order valence-corrected chi connectivity index (χ1v) is 5.74. The van der Waals surface area contributed by atoms with Crippen LogP contribution < -0.4 is 5.32 Å². The van der Waals surface area contributed by atoms with Crippen molar-refractivity contribution < 1.29 is 22.4 Å². The van der Waals surface area contributed by atoms with Gasteiger partial charge in [0.15, 0.2) is 0 Å². The normalized spacial score (nSPS) is 12.9. The highest BCUT2D eigenvalue weighted by Gasteiger charge is 2.32. The molecular formula is C13H12F4N2O. The molecular weight excluding hydrogens is 276 g/mol. The van der Waals surface area contributed by atoms with E-state index in [1.807, 2.05) is 0 Å². The lowest BCUT2D eigenvalue weighted by molar-refractivity contribution is -0.137. The van der Waals surface area contributed by atoms with E-state index in [1.165, 1.54) is 0 Å². The van der Waals surface area contributed by atoms with E-state index >= 15 is 0 Å². The van der Waals surface area contributed by atoms with E-state index in [9.17, 15) is 22.4 Å². The largest absolute Gasteiger partial charge is 0.416 e. The molecule has 0 aliphatic rings. The van der Waals surface area contributed by atoms with Crippen LogP contribution in [0.15, 0.2) is 18.2 Å². The van der Waals surface area contributed by atoms with E-state index < -0.39 is 35.1 Å². The van der Waals surface area contributed by atoms with Gasteiger partial charge in [0, 0.05) is 0 Å². The van der Waals surface area contributed by atoms with Crippen LogP contribution in [0.4, 0.5) is 17.6 Å². The minimum Gasteiger partial charge on any atom is -0.336 e. The average molecular weight is 288 g/mol. The minimum atomic E-state index is -4.67. The van der Waals surface area contributed by atoms with Crippen LogP contribution >= 0.6 is 0 Å². The van der Waals surface area contributed by atoms with E-state index in [0.29, 0.717) is 18.2 Å². The Hall–Kier alpha value is -2.10. The number of nitrogens with zero attached hydrogens (tertiary/aromatic N) is 1. The summed E-state index contributed by atoms with van der Waals surface area (Å²) in [7, 11) is 0. The third-order valence-electron chi connectivity index (χ3n) is 2.63. The molecule has 0 aromatic heterocycles. The zero-order chi connectivity index (χ0) is 15.5. The number of benzene rings is 1. The molecule has 1 unspecified atom stereocenters. The number of rotatable bonds is 3. The van der Waals surface area contributed by atoms with Crippen molar-refractivity contribution in [3.05, 3.63) is 35.1 Å². The molecule has 0 bridgehead atoms. The minimum absolute atomic E-state index is 0.252. The van der Waals surface area contributed by atoms with Gasteiger partial charge in [0.1, 0.15) is 11.9 Å². The SMILES string of the molecule is CC(C)C(C#N)NC(=O)c1cc(C(F)(F)F)ccc1F. The maximum absolute atomic E-state index is 13.5. The van der Waals surface area contributed by atoms with Crippen LogP contribution in [-0.2, 0) is 6.18 Å². The van der Waals surface area contributed by atoms with Gasteiger partial charge in [-0.1, -0.05) is 13.8 Å². The summed E-state index contributed by atoms with van der Waals surface area (Å²) >= 11 is 0. The molecule has 0 saturated carbocycles. The summed E-state index contributed by atoms with van der Waals surface area (Å²) in [6.07, 6.45) is -4.67. The highest BCUT2D eigenvalue weighted by molar-refractivity contribution is 5.95. The smallest absolute Gasteiger partial charge is 0.336 e. The van der Waals surface area contributed by atoms with Crippen molar-refractivity contribution in [3.8, 4) is 6.07 Å². The molecule has 0 radical (unpaired) electrons. The van der Waals surface area contributed by atoms with Crippen LogP contribution in [0.3, 0.4) is 0 Å². The average Bonchev–Trinajstić information content (AvgIpc) is 2.34. The molecule has 0 saturated heterocycles. The zero-order valence-electron chi connectivity index (χ0n) is 10.8. The number of nitrogens with one attached hydrogen (secondary N) is 1. The highest BCUT2D eigenvalue weighted by Crippen LogP contribution is 2.30. The summed E-state index contributed by atoms with van der Waals surface area (Å²) in [5, 5.41) is 11.0. The molecule has 0 aliphatic heterocycles. The molecule has 0 aliphatic carbocycles. The van der Waals surface area contributed by atoms with Gasteiger partial charge in [0.25, 0.3) is 5.91 Å². The molecule has 0 spiro atoms. The van der Waals surface area contributed by atoms with Crippen molar-refractivity contribution >= 4 is 5.91 Å². The topological polar surface area (TPSA) is 52.9 Å². The Bertz CT molecular complexity index is 546. The molecule has 1 aromatic rings. The van der Waals surface area contributed by atoms with Crippen molar-refractivity contribution in [2.24, 2.45) is 5.92 Å². The Morgan fingerprint density at radius 1 is 1.35 bits per heavy atom. The summed E-state index contributed by atoms with van der Waals surface area (Å²) < 4.78 is 51.0. The third-order valence-corrected chi connectivity index (χ3v) is 2.63. The molecule has 0 heterocycles. The molecule has 1 amide bonds. The first kappa shape index (κ1) is 16.0. The van der Waals surface area contributed by atoms with Gasteiger partial charge in [0.05, 0.1) is 17.2 Å². The molecule has 0 fully saturated rings. The van der Waals surface area contributed by atoms with Crippen molar-refractivity contribution in [1.29, 1.82) is 5.26 Å². The van der Waals surface area contributed by atoms with Crippen LogP contribution in [0.25, 0.3) is 0 Å². The Balaban J connectivity index is 3.07. The van der Waals surface area contributed by atoms with Gasteiger partial charge in [-0.25, -0.2) is 4.39 Å². The number of hydrogen-bond acceptors (Lipinski definition) is 2. The Morgan fingerprint density at radius 2 is 1.95 bits per heavy atom. The third kappa shape index (κ3) is 3.70. The lowest BCUT2D eigenvalue weighted by atomic mass is 10.0. The maximum Gasteiger partial charge on any atom is 0.416 e. The zero-order valence-corrected chi connectivity index (χ0v) is 10.8. The number of carbonyl (C=O) groups is 1. The van der Waals surface area contributed by atoms with Crippen LogP contribution in [0.1, 0.15) is 29.8 Å². The summed E-state index contributed by atoms with van der Waals surface area (Å²) in [5.41, 5.74) is -1.86. The van der Waals surface area contributed by atoms with Crippen molar-refractivity contribution in [2.45, 2.75) is 26.1 Å². The maximum atomic E-state index is 13.5. The summed E-state index contributed by atoms with van der Waals surface area (Å²) in [6.45, 7) is 3.30. The second-order valence-electron chi connectivity index (χ2n) is 4.52. The van der Waals surface area contributed by atoms with Crippen LogP contribution in [-0.4, -0.2) is 11.9 Å². The van der Waals surface area contributed by atoms with E-state index in [-0.39, 0.29) is 5.92 Å². The molecule has 1 rings (SSSR count). The van der Waals surface area contributed by atoms with Gasteiger partial charge >= 0.3 is 6.18 Å². The van der Waals surface area contributed by atoms with Crippen LogP contribution in [0, 0.1) is 23.1 Å². The molecule has 108 valence electrons. The first-order valence-electron chi connectivity index (χ1n) is 5.74. The standard InChI is InChI=1S/C13H12F4N2O/c1-7(2)11(6-18)19-12(20)9-5-8(13(15,16)17)3-4-10(9)14/h3-5,7,11H,1-2H3,(H,19,20). The lowest BCUT2D eigenvalue weighted by Crippen LogP contribution is -2.37. The molecule has 1 atom stereocenters. The predicted octanol–water partition coefficient (Wildman–Crippen LogP) is 3.12. The number of amides is 1. The van der Waals surface area contributed by atoms with E-state index in [0.717, 1.165) is 0 Å². The Labute approximate surface area is 113 Å². The fraction of sp³-hybridized carbons (Fsp3) is 0.385. The fourth-order valence-corrected chi connectivity index (χ4v) is 1.44. The molecule has 3 nitrogen and oxygen atoms in total. The van der Waals surface area contributed by atoms with Gasteiger partial charge < -0.3 is 5.32 Å². The van der Waals surface area contributed by atoms with Crippen LogP contribution in [0.2, 0.25) is 0 Å². The number of halogens is 4. The van der Waals surface area contributed by atoms with Crippen molar-refractivity contribution in [1.82, 2.24) is 5.32 Å². The van der Waals surface area contributed by atoms with Crippen molar-refractivity contribution in [2.75, 3.05) is 0 Å². The lowest BCUT2D eigenvalue weighted by Gasteiger charge is -2.16. The molecule has 7 heteroatoms. The van der Waals surface area contributed by atoms with Gasteiger partial charge in [-0.15, -0.1) is 0 Å². The first-order chi connectivity index (χ1) is 9.16. The Morgan fingerprint density at radius 3 is 2.40 bits per heavy atom. The second-order valence-corrected chi connectivity index (χ2v) is 4.52. The number of hydrogen-bond donors (Lipinski definition) is 1. The quantitative estimate of drug-likeness (QED) is 0.869. The van der Waals surface area contributed by atoms with E-state index in [1.54, 1.807) is 19.9 Å². The molecule has 1 aromatic carbocycles. The molecule has 1 N–H and O–H groups in total.